The highest BCUT2D eigenvalue weighted by molar-refractivity contribution is 5.86. The number of rotatable bonds is 8. The van der Waals surface area contributed by atoms with Crippen molar-refractivity contribution in [3.8, 4) is 11.4 Å². The number of nitrogen functional groups attached to an aromatic ring is 1. The van der Waals surface area contributed by atoms with Crippen LogP contribution in [0.25, 0.3) is 22.2 Å². The third kappa shape index (κ3) is 5.92. The number of aryl methyl sites for hydroxylation is 1. The first-order chi connectivity index (χ1) is 19.7. The van der Waals surface area contributed by atoms with E-state index >= 15 is 0 Å². The predicted octanol–water partition coefficient (Wildman–Crippen LogP) is 4.97. The molecule has 3 aromatic heterocycles. The number of alkyl halides is 6. The smallest absolute Gasteiger partial charge is 0.383 e. The summed E-state index contributed by atoms with van der Waals surface area (Å²) in [4.78, 5) is 32.0. The largest absolute Gasteiger partial charge is 0.423 e. The van der Waals surface area contributed by atoms with Crippen LogP contribution in [0.15, 0.2) is 46.4 Å². The topological polar surface area (TPSA) is 132 Å². The van der Waals surface area contributed by atoms with Crippen molar-refractivity contribution in [2.24, 2.45) is 5.92 Å². The van der Waals surface area contributed by atoms with Crippen LogP contribution >= 0.6 is 0 Å². The monoisotopic (exact) mass is 597 g/mol. The molecule has 4 aromatic rings. The highest BCUT2D eigenvalue weighted by Crippen LogP contribution is 2.38. The minimum atomic E-state index is -4.88. The Morgan fingerprint density at radius 1 is 1.10 bits per heavy atom. The molecule has 42 heavy (non-hydrogen) atoms. The Kier molecular flexibility index (Phi) is 7.41. The molecule has 0 bridgehead atoms. The molecule has 1 fully saturated rings. The van der Waals surface area contributed by atoms with Crippen molar-refractivity contribution in [3.05, 3.63) is 74.4 Å². The Balaban J connectivity index is 1.33. The van der Waals surface area contributed by atoms with Crippen LogP contribution in [-0.2, 0) is 18.9 Å². The van der Waals surface area contributed by atoms with E-state index in [9.17, 15) is 40.3 Å². The molecule has 1 atom stereocenters. The molecule has 0 spiro atoms. The number of anilines is 2. The standard InChI is InChI=1S/C26H22F7N7O2/c27-17-9-14-13(8-15(17)22-35-10-16(21(34)38-22)25(28,29)30)5-7-40(24(14)42)6-1-2-18(12-3-4-12)37-19-11-36-39-23(41)20(19)26(31,32)33/h5,7-12,18H,1-4,6H2,(H2,34,35,38)(H2,37,39,41)/t18-/m1/s1. The number of nitrogens with two attached hydrogens (primary N) is 1. The first-order valence-corrected chi connectivity index (χ1v) is 12.7. The van der Waals surface area contributed by atoms with Crippen molar-refractivity contribution in [1.29, 1.82) is 0 Å². The van der Waals surface area contributed by atoms with E-state index in [0.717, 1.165) is 25.1 Å². The maximum atomic E-state index is 15.0. The quantitative estimate of drug-likeness (QED) is 0.245. The first-order valence-electron chi connectivity index (χ1n) is 12.7. The lowest BCUT2D eigenvalue weighted by molar-refractivity contribution is -0.138. The number of nitrogens with zero attached hydrogens (tertiary/aromatic N) is 4. The van der Waals surface area contributed by atoms with E-state index in [1.54, 1.807) is 5.10 Å². The summed E-state index contributed by atoms with van der Waals surface area (Å²) in [6, 6.07) is 3.29. The second kappa shape index (κ2) is 10.7. The Bertz CT molecular complexity index is 1760. The van der Waals surface area contributed by atoms with Gasteiger partial charge in [0.2, 0.25) is 0 Å². The van der Waals surface area contributed by atoms with E-state index in [1.807, 2.05) is 0 Å². The summed E-state index contributed by atoms with van der Waals surface area (Å²) in [7, 11) is 0. The fourth-order valence-electron chi connectivity index (χ4n) is 4.79. The van der Waals surface area contributed by atoms with Crippen molar-refractivity contribution >= 4 is 22.3 Å². The second-order valence-electron chi connectivity index (χ2n) is 9.94. The molecule has 1 aromatic carbocycles. The number of hydrogen-bond donors (Lipinski definition) is 3. The number of pyridine rings is 1. The summed E-state index contributed by atoms with van der Waals surface area (Å²) in [6.45, 7) is 0.168. The van der Waals surface area contributed by atoms with Gasteiger partial charge in [-0.2, -0.15) is 31.4 Å². The number of hydrogen-bond acceptors (Lipinski definition) is 7. The Morgan fingerprint density at radius 3 is 2.48 bits per heavy atom. The van der Waals surface area contributed by atoms with Gasteiger partial charge in [-0.3, -0.25) is 9.59 Å². The third-order valence-electron chi connectivity index (χ3n) is 7.01. The minimum Gasteiger partial charge on any atom is -0.383 e. The van der Waals surface area contributed by atoms with Crippen LogP contribution in [0.5, 0.6) is 0 Å². The van der Waals surface area contributed by atoms with E-state index < -0.39 is 58.0 Å². The average Bonchev–Trinajstić information content (AvgIpc) is 3.73. The van der Waals surface area contributed by atoms with E-state index in [4.69, 9.17) is 5.73 Å². The Labute approximate surface area is 231 Å². The average molecular weight is 597 g/mol. The molecule has 0 saturated heterocycles. The van der Waals surface area contributed by atoms with E-state index in [2.05, 4.69) is 20.4 Å². The van der Waals surface area contributed by atoms with Gasteiger partial charge in [-0.05, 0) is 55.2 Å². The van der Waals surface area contributed by atoms with Gasteiger partial charge in [0.25, 0.3) is 11.1 Å². The second-order valence-corrected chi connectivity index (χ2v) is 9.94. The lowest BCUT2D eigenvalue weighted by Crippen LogP contribution is -2.29. The number of aromatic amines is 1. The summed E-state index contributed by atoms with van der Waals surface area (Å²) < 4.78 is 95.5. The van der Waals surface area contributed by atoms with Crippen LogP contribution in [0.4, 0.5) is 42.2 Å². The molecule has 1 saturated carbocycles. The van der Waals surface area contributed by atoms with Crippen molar-refractivity contribution in [3.63, 3.8) is 0 Å². The molecule has 4 N–H and O–H groups in total. The molecule has 1 aliphatic carbocycles. The van der Waals surface area contributed by atoms with E-state index in [1.165, 1.54) is 22.9 Å². The minimum absolute atomic E-state index is 0.0000873. The van der Waals surface area contributed by atoms with Crippen LogP contribution < -0.4 is 22.2 Å². The molecule has 0 radical (unpaired) electrons. The molecule has 1 aliphatic rings. The molecule has 3 heterocycles. The van der Waals surface area contributed by atoms with E-state index in [0.29, 0.717) is 19.0 Å². The zero-order valence-corrected chi connectivity index (χ0v) is 21.5. The van der Waals surface area contributed by atoms with Gasteiger partial charge >= 0.3 is 12.4 Å². The normalized spacial score (nSPS) is 14.7. The number of benzene rings is 1. The summed E-state index contributed by atoms with van der Waals surface area (Å²) >= 11 is 0. The van der Waals surface area contributed by atoms with Crippen LogP contribution in [0.3, 0.4) is 0 Å². The van der Waals surface area contributed by atoms with Gasteiger partial charge in [0.05, 0.1) is 22.8 Å². The van der Waals surface area contributed by atoms with Gasteiger partial charge in [0, 0.05) is 25.0 Å². The van der Waals surface area contributed by atoms with Crippen molar-refractivity contribution < 1.29 is 30.7 Å². The van der Waals surface area contributed by atoms with Crippen molar-refractivity contribution in [2.45, 2.75) is 50.6 Å². The third-order valence-corrected chi connectivity index (χ3v) is 7.01. The van der Waals surface area contributed by atoms with Gasteiger partial charge in [-0.15, -0.1) is 0 Å². The van der Waals surface area contributed by atoms with Gasteiger partial charge < -0.3 is 15.6 Å². The fourth-order valence-corrected chi connectivity index (χ4v) is 4.79. The zero-order chi connectivity index (χ0) is 30.4. The maximum absolute atomic E-state index is 15.0. The van der Waals surface area contributed by atoms with Crippen LogP contribution in [0, 0.1) is 11.7 Å². The van der Waals surface area contributed by atoms with Crippen molar-refractivity contribution in [1.82, 2.24) is 24.7 Å². The summed E-state index contributed by atoms with van der Waals surface area (Å²) in [5.74, 6) is -2.10. The van der Waals surface area contributed by atoms with Gasteiger partial charge in [-0.1, -0.05) is 0 Å². The molecule has 9 nitrogen and oxygen atoms in total. The Hall–Kier alpha value is -4.50. The van der Waals surface area contributed by atoms with Gasteiger partial charge in [0.1, 0.15) is 22.8 Å². The molecule has 5 rings (SSSR count). The summed E-state index contributed by atoms with van der Waals surface area (Å²) in [6.07, 6.45) is -4.51. The molecule has 222 valence electrons. The first kappa shape index (κ1) is 29.0. The molecule has 16 heteroatoms. The van der Waals surface area contributed by atoms with Crippen molar-refractivity contribution in [2.75, 3.05) is 11.1 Å². The predicted molar refractivity (Wildman–Crippen MR) is 138 cm³/mol. The molecular weight excluding hydrogens is 575 g/mol. The maximum Gasteiger partial charge on any atom is 0.423 e. The number of halogens is 7. The zero-order valence-electron chi connectivity index (χ0n) is 21.5. The summed E-state index contributed by atoms with van der Waals surface area (Å²) in [5, 5.41) is 8.36. The van der Waals surface area contributed by atoms with Gasteiger partial charge in [0.15, 0.2) is 5.82 Å². The van der Waals surface area contributed by atoms with E-state index in [-0.39, 0.29) is 34.6 Å². The number of fused-ring (bicyclic) bond motifs is 1. The number of aromatic nitrogens is 5. The highest BCUT2D eigenvalue weighted by atomic mass is 19.4. The Morgan fingerprint density at radius 2 is 1.83 bits per heavy atom. The highest BCUT2D eigenvalue weighted by Gasteiger charge is 2.39. The van der Waals surface area contributed by atoms with Gasteiger partial charge in [-0.25, -0.2) is 19.5 Å². The number of nitrogens with one attached hydrogen (secondary N) is 2. The van der Waals surface area contributed by atoms with Crippen LogP contribution in [-0.4, -0.2) is 30.8 Å². The summed E-state index contributed by atoms with van der Waals surface area (Å²) in [5.41, 5.74) is 0.217. The molecule has 0 unspecified atom stereocenters. The fraction of sp³-hybridized carbons (Fsp3) is 0.346. The SMILES string of the molecule is Nc1nc(-c2cc3ccn(CCC[C@@H](Nc4cn[nH]c(=O)c4C(F)(F)F)C4CC4)c(=O)c3cc2F)ncc1C(F)(F)F. The lowest BCUT2D eigenvalue weighted by Gasteiger charge is -2.21. The molecule has 0 aliphatic heterocycles. The molecule has 0 amide bonds. The number of H-pyrrole nitrogens is 1. The lowest BCUT2D eigenvalue weighted by atomic mass is 10.0. The van der Waals surface area contributed by atoms with Crippen LogP contribution in [0.2, 0.25) is 0 Å². The molecular formula is C26H22F7N7O2. The van der Waals surface area contributed by atoms with Crippen LogP contribution in [0.1, 0.15) is 36.8 Å².